The van der Waals surface area contributed by atoms with E-state index in [4.69, 9.17) is 11.6 Å². The number of halogens is 2. The summed E-state index contributed by atoms with van der Waals surface area (Å²) >= 11 is 5.98. The molecule has 1 saturated carbocycles. The molecule has 0 bridgehead atoms. The molecule has 3 heteroatoms. The number of hydrogen-bond donors (Lipinski definition) is 1. The number of hydrogen-bond acceptors (Lipinski definition) is 1. The van der Waals surface area contributed by atoms with Crippen LogP contribution in [-0.4, -0.2) is 6.54 Å². The molecule has 21 heavy (non-hydrogen) atoms. The Morgan fingerprint density at radius 2 is 2.05 bits per heavy atom. The maximum atomic E-state index is 14.4. The second kappa shape index (κ2) is 7.60. The first-order valence-electron chi connectivity index (χ1n) is 8.21. The van der Waals surface area contributed by atoms with Gasteiger partial charge in [-0.25, -0.2) is 4.39 Å². The quantitative estimate of drug-likeness (QED) is 0.747. The largest absolute Gasteiger partial charge is 0.310 e. The summed E-state index contributed by atoms with van der Waals surface area (Å²) in [7, 11) is 0. The molecule has 1 aliphatic rings. The molecule has 0 radical (unpaired) electrons. The molecule has 2 rings (SSSR count). The van der Waals surface area contributed by atoms with Gasteiger partial charge in [0.2, 0.25) is 0 Å². The SMILES string of the molecule is CCCNC(c1cccc(Cl)c1F)C1CCC(C)C(C)C1. The first-order valence-corrected chi connectivity index (χ1v) is 8.59. The Kier molecular flexibility index (Phi) is 6.07. The molecule has 1 N–H and O–H groups in total. The molecule has 1 nitrogen and oxygen atoms in total. The molecular weight excluding hydrogens is 285 g/mol. The summed E-state index contributed by atoms with van der Waals surface area (Å²) in [5.41, 5.74) is 0.739. The number of rotatable bonds is 5. The molecule has 1 aromatic rings. The van der Waals surface area contributed by atoms with E-state index >= 15 is 0 Å². The summed E-state index contributed by atoms with van der Waals surface area (Å²) in [6, 6.07) is 5.45. The van der Waals surface area contributed by atoms with E-state index in [2.05, 4.69) is 26.1 Å². The molecule has 4 atom stereocenters. The Bertz CT molecular complexity index is 463. The lowest BCUT2D eigenvalue weighted by Gasteiger charge is -2.37. The molecule has 0 spiro atoms. The fraction of sp³-hybridized carbons (Fsp3) is 0.667. The Hall–Kier alpha value is -0.600. The summed E-state index contributed by atoms with van der Waals surface area (Å²) in [6.45, 7) is 7.71. The number of nitrogens with one attached hydrogen (secondary N) is 1. The third-order valence-corrected chi connectivity index (χ3v) is 5.33. The van der Waals surface area contributed by atoms with Gasteiger partial charge >= 0.3 is 0 Å². The van der Waals surface area contributed by atoms with Crippen LogP contribution in [0.4, 0.5) is 4.39 Å². The standard InChI is InChI=1S/C18H27ClFN/c1-4-10-21-18(14-9-8-12(2)13(3)11-14)15-6-5-7-16(19)17(15)20/h5-7,12-14,18,21H,4,8-11H2,1-3H3. The van der Waals surface area contributed by atoms with E-state index in [1.807, 2.05) is 12.1 Å². The van der Waals surface area contributed by atoms with Crippen LogP contribution in [0.3, 0.4) is 0 Å². The van der Waals surface area contributed by atoms with Gasteiger partial charge in [-0.15, -0.1) is 0 Å². The van der Waals surface area contributed by atoms with Crippen LogP contribution in [0.25, 0.3) is 0 Å². The topological polar surface area (TPSA) is 12.0 Å². The highest BCUT2D eigenvalue weighted by Crippen LogP contribution is 2.41. The van der Waals surface area contributed by atoms with Crippen LogP contribution in [0.1, 0.15) is 58.1 Å². The summed E-state index contributed by atoms with van der Waals surface area (Å²) in [6.07, 6.45) is 4.61. The van der Waals surface area contributed by atoms with E-state index < -0.39 is 0 Å². The Balaban J connectivity index is 2.23. The van der Waals surface area contributed by atoms with Crippen molar-refractivity contribution in [2.24, 2.45) is 17.8 Å². The van der Waals surface area contributed by atoms with Gasteiger partial charge in [0.25, 0.3) is 0 Å². The van der Waals surface area contributed by atoms with Crippen molar-refractivity contribution in [3.63, 3.8) is 0 Å². The third-order valence-electron chi connectivity index (χ3n) is 5.04. The molecule has 0 heterocycles. The van der Waals surface area contributed by atoms with Crippen LogP contribution in [0, 0.1) is 23.6 Å². The molecule has 0 aromatic heterocycles. The highest BCUT2D eigenvalue weighted by atomic mass is 35.5. The second-order valence-corrected chi connectivity index (χ2v) is 7.01. The van der Waals surface area contributed by atoms with E-state index in [9.17, 15) is 4.39 Å². The van der Waals surface area contributed by atoms with Gasteiger partial charge in [0.15, 0.2) is 0 Å². The predicted molar refractivity (Wildman–Crippen MR) is 88.1 cm³/mol. The highest BCUT2D eigenvalue weighted by molar-refractivity contribution is 6.30. The molecule has 1 aliphatic carbocycles. The van der Waals surface area contributed by atoms with Gasteiger partial charge in [-0.1, -0.05) is 50.9 Å². The van der Waals surface area contributed by atoms with E-state index in [0.29, 0.717) is 11.8 Å². The molecule has 0 aliphatic heterocycles. The van der Waals surface area contributed by atoms with E-state index in [-0.39, 0.29) is 16.9 Å². The lowest BCUT2D eigenvalue weighted by molar-refractivity contribution is 0.169. The normalized spacial score (nSPS) is 27.6. The van der Waals surface area contributed by atoms with Crippen molar-refractivity contribution >= 4 is 11.6 Å². The molecule has 118 valence electrons. The maximum absolute atomic E-state index is 14.4. The fourth-order valence-corrected chi connectivity index (χ4v) is 3.66. The first-order chi connectivity index (χ1) is 10.0. The van der Waals surface area contributed by atoms with Crippen LogP contribution in [0.5, 0.6) is 0 Å². The van der Waals surface area contributed by atoms with Crippen molar-refractivity contribution in [1.82, 2.24) is 5.32 Å². The second-order valence-electron chi connectivity index (χ2n) is 6.60. The maximum Gasteiger partial charge on any atom is 0.146 e. The van der Waals surface area contributed by atoms with Crippen LogP contribution in [-0.2, 0) is 0 Å². The van der Waals surface area contributed by atoms with Crippen molar-refractivity contribution in [3.05, 3.63) is 34.6 Å². The zero-order chi connectivity index (χ0) is 15.4. The van der Waals surface area contributed by atoms with Crippen LogP contribution in [0.2, 0.25) is 5.02 Å². The van der Waals surface area contributed by atoms with Gasteiger partial charge < -0.3 is 5.32 Å². The van der Waals surface area contributed by atoms with E-state index in [1.165, 1.54) is 12.8 Å². The fourth-order valence-electron chi connectivity index (χ4n) is 3.48. The van der Waals surface area contributed by atoms with Crippen molar-refractivity contribution in [3.8, 4) is 0 Å². The average Bonchev–Trinajstić information content (AvgIpc) is 2.47. The minimum Gasteiger partial charge on any atom is -0.310 e. The van der Waals surface area contributed by atoms with Gasteiger partial charge in [0, 0.05) is 11.6 Å². The predicted octanol–water partition coefficient (Wildman–Crippen LogP) is 5.59. The number of benzene rings is 1. The third kappa shape index (κ3) is 3.98. The van der Waals surface area contributed by atoms with Crippen molar-refractivity contribution in [2.45, 2.75) is 52.5 Å². The molecular formula is C18H27ClFN. The molecule has 1 fully saturated rings. The highest BCUT2D eigenvalue weighted by Gasteiger charge is 2.32. The Labute approximate surface area is 133 Å². The lowest BCUT2D eigenvalue weighted by atomic mass is 9.72. The van der Waals surface area contributed by atoms with Gasteiger partial charge in [-0.05, 0) is 49.6 Å². The van der Waals surface area contributed by atoms with E-state index in [1.54, 1.807) is 6.07 Å². The monoisotopic (exact) mass is 311 g/mol. The smallest absolute Gasteiger partial charge is 0.146 e. The molecule has 0 amide bonds. The van der Waals surface area contributed by atoms with Gasteiger partial charge in [-0.3, -0.25) is 0 Å². The van der Waals surface area contributed by atoms with Crippen LogP contribution in [0.15, 0.2) is 18.2 Å². The van der Waals surface area contributed by atoms with Crippen LogP contribution >= 0.6 is 11.6 Å². The summed E-state index contributed by atoms with van der Waals surface area (Å²) in [5.74, 6) is 1.73. The zero-order valence-corrected chi connectivity index (χ0v) is 14.1. The van der Waals surface area contributed by atoms with Crippen LogP contribution < -0.4 is 5.32 Å². The summed E-state index contributed by atoms with van der Waals surface area (Å²) < 4.78 is 14.4. The van der Waals surface area contributed by atoms with Crippen molar-refractivity contribution in [2.75, 3.05) is 6.54 Å². The minimum absolute atomic E-state index is 0.0820. The molecule has 4 unspecified atom stereocenters. The molecule has 1 aromatic carbocycles. The van der Waals surface area contributed by atoms with Crippen molar-refractivity contribution in [1.29, 1.82) is 0 Å². The van der Waals surface area contributed by atoms with Crippen molar-refractivity contribution < 1.29 is 4.39 Å². The first kappa shape index (κ1) is 16.8. The summed E-state index contributed by atoms with van der Waals surface area (Å²) in [5, 5.41) is 3.79. The lowest BCUT2D eigenvalue weighted by Crippen LogP contribution is -2.34. The average molecular weight is 312 g/mol. The van der Waals surface area contributed by atoms with Gasteiger partial charge in [0.1, 0.15) is 5.82 Å². The Morgan fingerprint density at radius 3 is 2.71 bits per heavy atom. The Morgan fingerprint density at radius 1 is 1.29 bits per heavy atom. The van der Waals surface area contributed by atoms with E-state index in [0.717, 1.165) is 30.9 Å². The summed E-state index contributed by atoms with van der Waals surface area (Å²) in [4.78, 5) is 0. The molecule has 0 saturated heterocycles. The minimum atomic E-state index is -0.251. The van der Waals surface area contributed by atoms with Gasteiger partial charge in [0.05, 0.1) is 5.02 Å². The van der Waals surface area contributed by atoms with Gasteiger partial charge in [-0.2, -0.15) is 0 Å². The zero-order valence-electron chi connectivity index (χ0n) is 13.3.